The Kier molecular flexibility index (Phi) is 5.29. The topological polar surface area (TPSA) is 15.3 Å². The van der Waals surface area contributed by atoms with Crippen LogP contribution in [0.3, 0.4) is 0 Å². The van der Waals surface area contributed by atoms with Crippen LogP contribution in [0.2, 0.25) is 0 Å². The molecule has 3 heteroatoms. The maximum absolute atomic E-state index is 3.90. The van der Waals surface area contributed by atoms with Gasteiger partial charge in [0, 0.05) is 23.0 Å². The van der Waals surface area contributed by atoms with Gasteiger partial charge in [-0.15, -0.1) is 11.3 Å². The molecule has 0 saturated carbocycles. The van der Waals surface area contributed by atoms with E-state index in [1.807, 2.05) is 11.3 Å². The maximum Gasteiger partial charge on any atom is 0.0482 e. The third-order valence-corrected chi connectivity index (χ3v) is 5.82. The molecule has 1 aromatic heterocycles. The van der Waals surface area contributed by atoms with Crippen LogP contribution in [0, 0.1) is 0 Å². The van der Waals surface area contributed by atoms with Gasteiger partial charge >= 0.3 is 0 Å². The molecular formula is C19H26N2S. The van der Waals surface area contributed by atoms with Crippen LogP contribution in [0.1, 0.15) is 48.7 Å². The van der Waals surface area contributed by atoms with Gasteiger partial charge in [-0.25, -0.2) is 0 Å². The Morgan fingerprint density at radius 3 is 2.64 bits per heavy atom. The first-order valence-corrected chi connectivity index (χ1v) is 9.18. The van der Waals surface area contributed by atoms with Crippen LogP contribution in [0.5, 0.6) is 0 Å². The predicted molar refractivity (Wildman–Crippen MR) is 95.3 cm³/mol. The van der Waals surface area contributed by atoms with Gasteiger partial charge in [0.15, 0.2) is 0 Å². The van der Waals surface area contributed by atoms with Gasteiger partial charge in [0.25, 0.3) is 0 Å². The van der Waals surface area contributed by atoms with E-state index in [1.165, 1.54) is 36.2 Å². The summed E-state index contributed by atoms with van der Waals surface area (Å²) in [6, 6.07) is 16.7. The first kappa shape index (κ1) is 15.7. The Labute approximate surface area is 138 Å². The molecule has 1 saturated heterocycles. The molecule has 3 unspecified atom stereocenters. The fourth-order valence-corrected chi connectivity index (χ4v) is 4.24. The van der Waals surface area contributed by atoms with Crippen LogP contribution in [0.4, 0.5) is 0 Å². The van der Waals surface area contributed by atoms with E-state index in [0.717, 1.165) is 0 Å². The van der Waals surface area contributed by atoms with Crippen LogP contribution < -0.4 is 5.32 Å². The number of likely N-dealkylation sites (tertiary alicyclic amines) is 1. The predicted octanol–water partition coefficient (Wildman–Crippen LogP) is 4.62. The Bertz CT molecular complexity index is 552. The number of benzene rings is 1. The average Bonchev–Trinajstić information content (AvgIpc) is 3.09. The van der Waals surface area contributed by atoms with Gasteiger partial charge < -0.3 is 10.2 Å². The molecule has 2 nitrogen and oxygen atoms in total. The quantitative estimate of drug-likeness (QED) is 0.866. The molecule has 1 fully saturated rings. The molecule has 0 bridgehead atoms. The first-order chi connectivity index (χ1) is 10.8. The zero-order chi connectivity index (χ0) is 15.4. The van der Waals surface area contributed by atoms with Gasteiger partial charge in [-0.2, -0.15) is 0 Å². The van der Waals surface area contributed by atoms with Crippen molar-refractivity contribution in [2.75, 3.05) is 13.6 Å². The van der Waals surface area contributed by atoms with Crippen molar-refractivity contribution in [3.05, 3.63) is 58.3 Å². The maximum atomic E-state index is 3.90. The summed E-state index contributed by atoms with van der Waals surface area (Å²) in [6.45, 7) is 3.49. The zero-order valence-corrected chi connectivity index (χ0v) is 14.4. The van der Waals surface area contributed by atoms with Crippen molar-refractivity contribution in [3.63, 3.8) is 0 Å². The first-order valence-electron chi connectivity index (χ1n) is 8.30. The third-order valence-electron chi connectivity index (χ3n) is 4.77. The van der Waals surface area contributed by atoms with Crippen molar-refractivity contribution in [2.45, 2.75) is 44.3 Å². The van der Waals surface area contributed by atoms with Gasteiger partial charge in [0.05, 0.1) is 0 Å². The summed E-state index contributed by atoms with van der Waals surface area (Å²) in [4.78, 5) is 3.95. The van der Waals surface area contributed by atoms with E-state index in [4.69, 9.17) is 0 Å². The van der Waals surface area contributed by atoms with Crippen molar-refractivity contribution in [1.29, 1.82) is 0 Å². The van der Waals surface area contributed by atoms with Gasteiger partial charge in [-0.1, -0.05) is 42.8 Å². The van der Waals surface area contributed by atoms with E-state index < -0.39 is 0 Å². The highest BCUT2D eigenvalue weighted by Gasteiger charge is 2.29. The van der Waals surface area contributed by atoms with Gasteiger partial charge in [0.1, 0.15) is 0 Å². The molecule has 0 aliphatic carbocycles. The summed E-state index contributed by atoms with van der Waals surface area (Å²) in [7, 11) is 2.28. The summed E-state index contributed by atoms with van der Waals surface area (Å²) >= 11 is 1.84. The lowest BCUT2D eigenvalue weighted by Gasteiger charge is -2.40. The normalized spacial score (nSPS) is 22.4. The smallest absolute Gasteiger partial charge is 0.0482 e. The lowest BCUT2D eigenvalue weighted by Crippen LogP contribution is -2.46. The fraction of sp³-hybridized carbons (Fsp3) is 0.474. The number of hydrogen-bond donors (Lipinski definition) is 1. The van der Waals surface area contributed by atoms with E-state index in [0.29, 0.717) is 18.1 Å². The van der Waals surface area contributed by atoms with Crippen molar-refractivity contribution in [2.24, 2.45) is 0 Å². The monoisotopic (exact) mass is 314 g/mol. The number of piperidine rings is 1. The van der Waals surface area contributed by atoms with Crippen LogP contribution in [0.25, 0.3) is 0 Å². The molecule has 22 heavy (non-hydrogen) atoms. The summed E-state index contributed by atoms with van der Waals surface area (Å²) in [5.74, 6) is 0. The third kappa shape index (κ3) is 3.60. The Hall–Kier alpha value is -1.16. The highest BCUT2D eigenvalue weighted by Crippen LogP contribution is 2.31. The largest absolute Gasteiger partial charge is 0.302 e. The highest BCUT2D eigenvalue weighted by atomic mass is 32.1. The number of hydrogen-bond acceptors (Lipinski definition) is 3. The summed E-state index contributed by atoms with van der Waals surface area (Å²) in [5.41, 5.74) is 1.41. The molecule has 3 rings (SSSR count). The number of nitrogens with zero attached hydrogens (tertiary/aromatic N) is 1. The van der Waals surface area contributed by atoms with Gasteiger partial charge in [-0.3, -0.25) is 0 Å². The number of rotatable bonds is 5. The molecule has 0 radical (unpaired) electrons. The minimum atomic E-state index is 0.389. The van der Waals surface area contributed by atoms with Crippen LogP contribution in [-0.2, 0) is 0 Å². The van der Waals surface area contributed by atoms with Crippen molar-refractivity contribution in [1.82, 2.24) is 10.2 Å². The van der Waals surface area contributed by atoms with Crippen molar-refractivity contribution < 1.29 is 0 Å². The Balaban J connectivity index is 1.82. The molecule has 1 aliphatic heterocycles. The van der Waals surface area contributed by atoms with Gasteiger partial charge in [-0.05, 0) is 50.4 Å². The summed E-state index contributed by atoms with van der Waals surface area (Å²) in [6.07, 6.45) is 3.95. The van der Waals surface area contributed by atoms with E-state index >= 15 is 0 Å². The Morgan fingerprint density at radius 1 is 1.14 bits per heavy atom. The fourth-order valence-electron chi connectivity index (χ4n) is 3.50. The number of likely N-dealkylation sites (N-methyl/N-ethyl adjacent to an activating group) is 1. The molecule has 1 N–H and O–H groups in total. The number of thiophene rings is 1. The van der Waals surface area contributed by atoms with Crippen LogP contribution in [-0.4, -0.2) is 24.5 Å². The molecule has 0 amide bonds. The average molecular weight is 314 g/mol. The number of nitrogens with one attached hydrogen (secondary N) is 1. The second kappa shape index (κ2) is 7.40. The molecule has 2 aromatic rings. The molecule has 3 atom stereocenters. The van der Waals surface area contributed by atoms with Crippen molar-refractivity contribution in [3.8, 4) is 0 Å². The highest BCUT2D eigenvalue weighted by molar-refractivity contribution is 7.10. The standard InChI is InChI=1S/C19H26N2S/c1-15(18-12-8-14-22-18)20-19(16-9-4-3-5-10-16)17-11-6-7-13-21(17)2/h3-5,8-10,12,14-15,17,19-20H,6-7,11,13H2,1-2H3. The van der Waals surface area contributed by atoms with Gasteiger partial charge in [0.2, 0.25) is 0 Å². The minimum absolute atomic E-state index is 0.389. The lowest BCUT2D eigenvalue weighted by atomic mass is 9.90. The zero-order valence-electron chi connectivity index (χ0n) is 13.5. The van der Waals surface area contributed by atoms with E-state index in [1.54, 1.807) is 0 Å². The van der Waals surface area contributed by atoms with Crippen molar-refractivity contribution >= 4 is 11.3 Å². The van der Waals surface area contributed by atoms with E-state index in [-0.39, 0.29) is 0 Å². The molecule has 0 spiro atoms. The van der Waals surface area contributed by atoms with E-state index in [2.05, 4.69) is 72.0 Å². The summed E-state index contributed by atoms with van der Waals surface area (Å²) < 4.78 is 0. The SMILES string of the molecule is CC(NC(c1ccccc1)C1CCCCN1C)c1cccs1. The molecule has 118 valence electrons. The molecule has 1 aromatic carbocycles. The lowest BCUT2D eigenvalue weighted by molar-refractivity contribution is 0.140. The molecule has 2 heterocycles. The Morgan fingerprint density at radius 2 is 1.95 bits per heavy atom. The van der Waals surface area contributed by atoms with Crippen LogP contribution in [0.15, 0.2) is 47.8 Å². The molecule has 1 aliphatic rings. The van der Waals surface area contributed by atoms with Crippen LogP contribution >= 0.6 is 11.3 Å². The molecular weight excluding hydrogens is 288 g/mol. The minimum Gasteiger partial charge on any atom is -0.302 e. The summed E-state index contributed by atoms with van der Waals surface area (Å²) in [5, 5.41) is 6.07. The van der Waals surface area contributed by atoms with E-state index in [9.17, 15) is 0 Å². The second-order valence-electron chi connectivity index (χ2n) is 6.34. The second-order valence-corrected chi connectivity index (χ2v) is 7.32.